The predicted molar refractivity (Wildman–Crippen MR) is 58.0 cm³/mol. The summed E-state index contributed by atoms with van der Waals surface area (Å²) < 4.78 is 0. The lowest BCUT2D eigenvalue weighted by molar-refractivity contribution is 0.140. The second kappa shape index (κ2) is 4.97. The minimum Gasteiger partial charge on any atom is -0.312 e. The van der Waals surface area contributed by atoms with Crippen LogP contribution in [0.4, 0.5) is 0 Å². The molecule has 1 aliphatic rings. The number of nitrogens with one attached hydrogen (secondary N) is 1. The van der Waals surface area contributed by atoms with Crippen LogP contribution in [0.25, 0.3) is 0 Å². The monoisotopic (exact) mass is 184 g/mol. The maximum Gasteiger partial charge on any atom is 0.00963 e. The van der Waals surface area contributed by atoms with E-state index >= 15 is 0 Å². The smallest absolute Gasteiger partial charge is 0.00963 e. The zero-order chi connectivity index (χ0) is 9.84. The van der Waals surface area contributed by atoms with Gasteiger partial charge in [0.1, 0.15) is 0 Å². The molecular weight excluding hydrogens is 160 g/mol. The Kier molecular flexibility index (Phi) is 4.20. The molecule has 1 rings (SSSR count). The van der Waals surface area contributed by atoms with Crippen LogP contribution >= 0.6 is 0 Å². The third-order valence-corrected chi connectivity index (χ3v) is 2.99. The van der Waals surface area contributed by atoms with Gasteiger partial charge in [0.05, 0.1) is 0 Å². The molecule has 1 aliphatic heterocycles. The molecule has 0 radical (unpaired) electrons. The standard InChI is InChI=1S/C11H24N2/c1-5-13-7-6-11(8-10(13)4)12-9(2)3/h9-12H,5-8H2,1-4H3. The van der Waals surface area contributed by atoms with E-state index in [1.807, 2.05) is 0 Å². The number of likely N-dealkylation sites (tertiary alicyclic amines) is 1. The molecule has 13 heavy (non-hydrogen) atoms. The molecule has 0 aromatic heterocycles. The van der Waals surface area contributed by atoms with Crippen molar-refractivity contribution in [3.8, 4) is 0 Å². The summed E-state index contributed by atoms with van der Waals surface area (Å²) in [5.74, 6) is 0. The average molecular weight is 184 g/mol. The van der Waals surface area contributed by atoms with Gasteiger partial charge in [-0.15, -0.1) is 0 Å². The van der Waals surface area contributed by atoms with Gasteiger partial charge in [0.2, 0.25) is 0 Å². The fourth-order valence-corrected chi connectivity index (χ4v) is 2.31. The van der Waals surface area contributed by atoms with Gasteiger partial charge < -0.3 is 10.2 Å². The Labute approximate surface area is 82.7 Å². The van der Waals surface area contributed by atoms with Crippen LogP contribution in [0.3, 0.4) is 0 Å². The lowest BCUT2D eigenvalue weighted by atomic mass is 9.98. The quantitative estimate of drug-likeness (QED) is 0.720. The highest BCUT2D eigenvalue weighted by Crippen LogP contribution is 2.16. The molecule has 2 nitrogen and oxygen atoms in total. The zero-order valence-electron chi connectivity index (χ0n) is 9.51. The van der Waals surface area contributed by atoms with Gasteiger partial charge in [0, 0.05) is 18.1 Å². The molecule has 2 unspecified atom stereocenters. The Morgan fingerprint density at radius 2 is 2.15 bits per heavy atom. The van der Waals surface area contributed by atoms with Crippen LogP contribution in [0.15, 0.2) is 0 Å². The molecule has 0 aromatic carbocycles. The van der Waals surface area contributed by atoms with Crippen molar-refractivity contribution >= 4 is 0 Å². The molecule has 0 saturated carbocycles. The van der Waals surface area contributed by atoms with Crippen LogP contribution in [0.5, 0.6) is 0 Å². The molecule has 0 aromatic rings. The van der Waals surface area contributed by atoms with E-state index in [9.17, 15) is 0 Å². The van der Waals surface area contributed by atoms with Crippen LogP contribution in [0.1, 0.15) is 40.5 Å². The van der Waals surface area contributed by atoms with Crippen LogP contribution < -0.4 is 5.32 Å². The van der Waals surface area contributed by atoms with Crippen molar-refractivity contribution in [2.45, 2.75) is 58.7 Å². The molecule has 0 spiro atoms. The highest BCUT2D eigenvalue weighted by atomic mass is 15.2. The molecule has 2 atom stereocenters. The molecule has 1 heterocycles. The van der Waals surface area contributed by atoms with E-state index in [0.29, 0.717) is 6.04 Å². The number of hydrogen-bond acceptors (Lipinski definition) is 2. The largest absolute Gasteiger partial charge is 0.312 e. The summed E-state index contributed by atoms with van der Waals surface area (Å²) in [6, 6.07) is 2.14. The molecule has 0 bridgehead atoms. The van der Waals surface area contributed by atoms with E-state index in [-0.39, 0.29) is 0 Å². The van der Waals surface area contributed by atoms with E-state index in [1.165, 1.54) is 25.9 Å². The van der Waals surface area contributed by atoms with Gasteiger partial charge >= 0.3 is 0 Å². The molecule has 1 fully saturated rings. The Morgan fingerprint density at radius 3 is 2.62 bits per heavy atom. The topological polar surface area (TPSA) is 15.3 Å². The third-order valence-electron chi connectivity index (χ3n) is 2.99. The summed E-state index contributed by atoms with van der Waals surface area (Å²) in [5.41, 5.74) is 0. The van der Waals surface area contributed by atoms with Crippen LogP contribution in [0, 0.1) is 0 Å². The van der Waals surface area contributed by atoms with Crippen molar-refractivity contribution in [1.82, 2.24) is 10.2 Å². The lowest BCUT2D eigenvalue weighted by Gasteiger charge is -2.38. The van der Waals surface area contributed by atoms with Gasteiger partial charge in [0.15, 0.2) is 0 Å². The minimum atomic E-state index is 0.630. The Morgan fingerprint density at radius 1 is 1.46 bits per heavy atom. The van der Waals surface area contributed by atoms with Crippen molar-refractivity contribution < 1.29 is 0 Å². The van der Waals surface area contributed by atoms with Crippen molar-refractivity contribution in [2.24, 2.45) is 0 Å². The van der Waals surface area contributed by atoms with Crippen molar-refractivity contribution in [1.29, 1.82) is 0 Å². The number of hydrogen-bond donors (Lipinski definition) is 1. The van der Waals surface area contributed by atoms with E-state index in [2.05, 4.69) is 37.9 Å². The molecule has 0 amide bonds. The van der Waals surface area contributed by atoms with E-state index in [4.69, 9.17) is 0 Å². The fourth-order valence-electron chi connectivity index (χ4n) is 2.31. The number of rotatable bonds is 3. The third kappa shape index (κ3) is 3.28. The predicted octanol–water partition coefficient (Wildman–Crippen LogP) is 1.86. The second-order valence-corrected chi connectivity index (χ2v) is 4.52. The van der Waals surface area contributed by atoms with Crippen molar-refractivity contribution in [3.63, 3.8) is 0 Å². The summed E-state index contributed by atoms with van der Waals surface area (Å²) in [7, 11) is 0. The second-order valence-electron chi connectivity index (χ2n) is 4.52. The molecule has 2 heteroatoms. The van der Waals surface area contributed by atoms with Crippen LogP contribution in [0.2, 0.25) is 0 Å². The number of piperidine rings is 1. The first kappa shape index (κ1) is 11.0. The number of nitrogens with zero attached hydrogens (tertiary/aromatic N) is 1. The molecule has 1 N–H and O–H groups in total. The Hall–Kier alpha value is -0.0800. The van der Waals surface area contributed by atoms with Gasteiger partial charge in [-0.05, 0) is 32.9 Å². The minimum absolute atomic E-state index is 0.630. The lowest BCUT2D eigenvalue weighted by Crippen LogP contribution is -2.48. The summed E-state index contributed by atoms with van der Waals surface area (Å²) in [6.07, 6.45) is 2.63. The normalized spacial score (nSPS) is 31.2. The first-order valence-electron chi connectivity index (χ1n) is 5.63. The maximum absolute atomic E-state index is 3.63. The SMILES string of the molecule is CCN1CCC(NC(C)C)CC1C. The van der Waals surface area contributed by atoms with E-state index < -0.39 is 0 Å². The zero-order valence-corrected chi connectivity index (χ0v) is 9.51. The average Bonchev–Trinajstić information content (AvgIpc) is 2.03. The van der Waals surface area contributed by atoms with Gasteiger partial charge in [-0.2, -0.15) is 0 Å². The van der Waals surface area contributed by atoms with Gasteiger partial charge in [0.25, 0.3) is 0 Å². The van der Waals surface area contributed by atoms with Gasteiger partial charge in [-0.1, -0.05) is 20.8 Å². The molecular formula is C11H24N2. The van der Waals surface area contributed by atoms with Gasteiger partial charge in [-0.25, -0.2) is 0 Å². The first-order valence-corrected chi connectivity index (χ1v) is 5.63. The van der Waals surface area contributed by atoms with Gasteiger partial charge in [-0.3, -0.25) is 0 Å². The Balaban J connectivity index is 2.32. The maximum atomic E-state index is 3.63. The Bertz CT molecular complexity index is 145. The van der Waals surface area contributed by atoms with Crippen LogP contribution in [-0.4, -0.2) is 36.1 Å². The summed E-state index contributed by atoms with van der Waals surface area (Å²) in [5, 5.41) is 3.63. The van der Waals surface area contributed by atoms with Crippen molar-refractivity contribution in [3.05, 3.63) is 0 Å². The fraction of sp³-hybridized carbons (Fsp3) is 1.00. The first-order chi connectivity index (χ1) is 6.13. The highest BCUT2D eigenvalue weighted by Gasteiger charge is 2.23. The molecule has 78 valence electrons. The summed E-state index contributed by atoms with van der Waals surface area (Å²) in [4.78, 5) is 2.57. The highest BCUT2D eigenvalue weighted by molar-refractivity contribution is 4.82. The summed E-state index contributed by atoms with van der Waals surface area (Å²) in [6.45, 7) is 11.5. The van der Waals surface area contributed by atoms with Crippen molar-refractivity contribution in [2.75, 3.05) is 13.1 Å². The van der Waals surface area contributed by atoms with Crippen LogP contribution in [-0.2, 0) is 0 Å². The van der Waals surface area contributed by atoms with E-state index in [1.54, 1.807) is 0 Å². The molecule has 1 saturated heterocycles. The van der Waals surface area contributed by atoms with E-state index in [0.717, 1.165) is 12.1 Å². The molecule has 0 aliphatic carbocycles. The summed E-state index contributed by atoms with van der Waals surface area (Å²) >= 11 is 0.